The molecule has 0 aromatic carbocycles. The van der Waals surface area contributed by atoms with E-state index in [0.717, 1.165) is 18.0 Å². The molecule has 0 fully saturated rings. The first-order chi connectivity index (χ1) is 9.85. The maximum absolute atomic E-state index is 11.3. The quantitative estimate of drug-likeness (QED) is 0.353. The van der Waals surface area contributed by atoms with Crippen molar-refractivity contribution in [1.82, 2.24) is 14.5 Å². The molecule has 0 aliphatic rings. The average Bonchev–Trinajstić information content (AvgIpc) is 2.67. The molecule has 0 saturated carbocycles. The Labute approximate surface area is 130 Å². The van der Waals surface area contributed by atoms with Crippen molar-refractivity contribution in [2.45, 2.75) is 39.3 Å². The van der Waals surface area contributed by atoms with Crippen molar-refractivity contribution in [3.05, 3.63) is 22.7 Å². The summed E-state index contributed by atoms with van der Waals surface area (Å²) < 4.78 is 7.63. The highest BCUT2D eigenvalue weighted by Crippen LogP contribution is 2.27. The lowest BCUT2D eigenvalue weighted by Gasteiger charge is -2.16. The SMILES string of the molecule is Cc1c(C=O)c2c(Cl)ncnc2n1COCC[Si](C)(C)C. The van der Waals surface area contributed by atoms with Crippen molar-refractivity contribution in [3.8, 4) is 0 Å². The van der Waals surface area contributed by atoms with Crippen molar-refractivity contribution in [3.63, 3.8) is 0 Å². The van der Waals surface area contributed by atoms with Crippen LogP contribution in [0.2, 0.25) is 30.8 Å². The molecule has 2 aromatic heterocycles. The molecule has 0 N–H and O–H groups in total. The summed E-state index contributed by atoms with van der Waals surface area (Å²) in [5, 5.41) is 0.895. The predicted molar refractivity (Wildman–Crippen MR) is 86.8 cm³/mol. The van der Waals surface area contributed by atoms with Crippen LogP contribution in [0, 0.1) is 6.92 Å². The normalized spacial score (nSPS) is 12.0. The van der Waals surface area contributed by atoms with Gasteiger partial charge in [0, 0.05) is 25.9 Å². The summed E-state index contributed by atoms with van der Waals surface area (Å²) in [7, 11) is -1.11. The highest BCUT2D eigenvalue weighted by atomic mass is 35.5. The topological polar surface area (TPSA) is 57.0 Å². The lowest BCUT2D eigenvalue weighted by atomic mass is 10.2. The zero-order valence-corrected chi connectivity index (χ0v) is 14.6. The Bertz CT molecular complexity index is 664. The number of halogens is 1. The van der Waals surface area contributed by atoms with Gasteiger partial charge >= 0.3 is 0 Å². The van der Waals surface area contributed by atoms with E-state index in [1.165, 1.54) is 6.33 Å². The smallest absolute Gasteiger partial charge is 0.152 e. The van der Waals surface area contributed by atoms with Gasteiger partial charge in [0.05, 0.1) is 5.39 Å². The molecule has 0 saturated heterocycles. The van der Waals surface area contributed by atoms with Crippen LogP contribution in [-0.2, 0) is 11.5 Å². The molecule has 0 amide bonds. The van der Waals surface area contributed by atoms with Crippen LogP contribution >= 0.6 is 11.6 Å². The largest absolute Gasteiger partial charge is 0.361 e. The number of hydrogen-bond donors (Lipinski definition) is 0. The summed E-state index contributed by atoms with van der Waals surface area (Å²) in [5.41, 5.74) is 1.97. The van der Waals surface area contributed by atoms with Gasteiger partial charge in [0.15, 0.2) is 6.29 Å². The summed E-state index contributed by atoms with van der Waals surface area (Å²) >= 11 is 6.09. The summed E-state index contributed by atoms with van der Waals surface area (Å²) in [4.78, 5) is 19.5. The number of aromatic nitrogens is 3. The second kappa shape index (κ2) is 6.25. The van der Waals surface area contributed by atoms with E-state index in [4.69, 9.17) is 16.3 Å². The van der Waals surface area contributed by atoms with Crippen LogP contribution in [0.1, 0.15) is 16.1 Å². The highest BCUT2D eigenvalue weighted by molar-refractivity contribution is 6.76. The van der Waals surface area contributed by atoms with Gasteiger partial charge in [-0.25, -0.2) is 9.97 Å². The molecule has 0 spiro atoms. The van der Waals surface area contributed by atoms with Crippen molar-refractivity contribution < 1.29 is 9.53 Å². The van der Waals surface area contributed by atoms with Gasteiger partial charge in [-0.3, -0.25) is 4.79 Å². The van der Waals surface area contributed by atoms with Crippen LogP contribution in [0.4, 0.5) is 0 Å². The van der Waals surface area contributed by atoms with Crippen molar-refractivity contribution in [1.29, 1.82) is 0 Å². The number of fused-ring (bicyclic) bond motifs is 1. The van der Waals surface area contributed by atoms with Gasteiger partial charge in [-0.1, -0.05) is 31.2 Å². The van der Waals surface area contributed by atoms with Crippen LogP contribution in [0.25, 0.3) is 11.0 Å². The number of carbonyl (C=O) groups excluding carboxylic acids is 1. The van der Waals surface area contributed by atoms with Crippen LogP contribution in [0.3, 0.4) is 0 Å². The molecule has 0 radical (unpaired) electrons. The third kappa shape index (κ3) is 3.51. The van der Waals surface area contributed by atoms with Gasteiger partial charge in [0.2, 0.25) is 0 Å². The molecular formula is C14H20ClN3O2Si. The fourth-order valence-electron chi connectivity index (χ4n) is 2.11. The fraction of sp³-hybridized carbons (Fsp3) is 0.500. The molecule has 0 bridgehead atoms. The van der Waals surface area contributed by atoms with Crippen molar-refractivity contribution >= 4 is 37.0 Å². The number of ether oxygens (including phenoxy) is 1. The minimum absolute atomic E-state index is 0.297. The zero-order valence-electron chi connectivity index (χ0n) is 12.8. The number of hydrogen-bond acceptors (Lipinski definition) is 4. The molecule has 2 rings (SSSR count). The highest BCUT2D eigenvalue weighted by Gasteiger charge is 2.18. The molecule has 0 aliphatic heterocycles. The minimum Gasteiger partial charge on any atom is -0.361 e. The standard InChI is InChI=1S/C14H20ClN3O2Si/c1-10-11(7-19)12-13(15)16-8-17-14(12)18(10)9-20-5-6-21(2,3)4/h7-8H,5-6,9H2,1-4H3. The first-order valence-corrected chi connectivity index (χ1v) is 11.0. The Kier molecular flexibility index (Phi) is 4.80. The second-order valence-corrected chi connectivity index (χ2v) is 12.2. The molecule has 21 heavy (non-hydrogen) atoms. The van der Waals surface area contributed by atoms with Gasteiger partial charge in [-0.2, -0.15) is 0 Å². The van der Waals surface area contributed by atoms with Crippen LogP contribution < -0.4 is 0 Å². The Balaban J connectivity index is 2.26. The molecule has 0 aliphatic carbocycles. The number of carbonyl (C=O) groups is 1. The van der Waals surface area contributed by atoms with Gasteiger partial charge in [-0.05, 0) is 13.0 Å². The molecule has 2 aromatic rings. The summed E-state index contributed by atoms with van der Waals surface area (Å²) in [6.45, 7) is 9.88. The summed E-state index contributed by atoms with van der Waals surface area (Å²) in [6, 6.07) is 1.10. The maximum atomic E-state index is 11.3. The summed E-state index contributed by atoms with van der Waals surface area (Å²) in [5.74, 6) is 0. The predicted octanol–water partition coefficient (Wildman–Crippen LogP) is 3.52. The van der Waals surface area contributed by atoms with E-state index in [1.807, 2.05) is 11.5 Å². The lowest BCUT2D eigenvalue weighted by Crippen LogP contribution is -2.22. The van der Waals surface area contributed by atoms with Gasteiger partial charge < -0.3 is 9.30 Å². The monoisotopic (exact) mass is 325 g/mol. The zero-order chi connectivity index (χ0) is 15.6. The third-order valence-electron chi connectivity index (χ3n) is 3.44. The Morgan fingerprint density at radius 1 is 1.38 bits per heavy atom. The van der Waals surface area contributed by atoms with Crippen LogP contribution in [0.15, 0.2) is 6.33 Å². The van der Waals surface area contributed by atoms with E-state index in [1.54, 1.807) is 0 Å². The van der Waals surface area contributed by atoms with Crippen LogP contribution in [-0.4, -0.2) is 35.5 Å². The second-order valence-electron chi connectivity index (χ2n) is 6.26. The van der Waals surface area contributed by atoms with E-state index in [2.05, 4.69) is 29.6 Å². The maximum Gasteiger partial charge on any atom is 0.152 e. The number of aldehydes is 1. The van der Waals surface area contributed by atoms with Gasteiger partial charge in [0.25, 0.3) is 0 Å². The molecule has 0 unspecified atom stereocenters. The van der Waals surface area contributed by atoms with E-state index < -0.39 is 8.07 Å². The first-order valence-electron chi connectivity index (χ1n) is 6.87. The van der Waals surface area contributed by atoms with Crippen molar-refractivity contribution in [2.75, 3.05) is 6.61 Å². The van der Waals surface area contributed by atoms with E-state index in [-0.39, 0.29) is 0 Å². The molecule has 7 heteroatoms. The molecule has 114 valence electrons. The van der Waals surface area contributed by atoms with Gasteiger partial charge in [0.1, 0.15) is 23.9 Å². The van der Waals surface area contributed by atoms with E-state index in [0.29, 0.717) is 35.1 Å². The molecule has 2 heterocycles. The number of rotatable bonds is 6. The first kappa shape index (κ1) is 16.1. The third-order valence-corrected chi connectivity index (χ3v) is 5.43. The molecule has 5 nitrogen and oxygen atoms in total. The van der Waals surface area contributed by atoms with Gasteiger partial charge in [-0.15, -0.1) is 0 Å². The number of nitrogens with zero attached hydrogens (tertiary/aromatic N) is 3. The molecular weight excluding hydrogens is 306 g/mol. The summed E-state index contributed by atoms with van der Waals surface area (Å²) in [6.07, 6.45) is 2.20. The minimum atomic E-state index is -1.11. The Morgan fingerprint density at radius 2 is 2.10 bits per heavy atom. The molecule has 0 atom stereocenters. The van der Waals surface area contributed by atoms with Crippen LogP contribution in [0.5, 0.6) is 0 Å². The fourth-order valence-corrected chi connectivity index (χ4v) is 3.10. The van der Waals surface area contributed by atoms with Crippen molar-refractivity contribution in [2.24, 2.45) is 0 Å². The Morgan fingerprint density at radius 3 is 2.71 bits per heavy atom. The Hall–Kier alpha value is -1.24. The lowest BCUT2D eigenvalue weighted by molar-refractivity contribution is 0.0884. The van der Waals surface area contributed by atoms with E-state index >= 15 is 0 Å². The van der Waals surface area contributed by atoms with E-state index in [9.17, 15) is 4.79 Å². The average molecular weight is 326 g/mol.